The number of nitrogens with one attached hydrogen (secondary N) is 1. The molecule has 0 radical (unpaired) electrons. The summed E-state index contributed by atoms with van der Waals surface area (Å²) in [4.78, 5) is 37.4. The highest BCUT2D eigenvalue weighted by Crippen LogP contribution is 2.37. The molecule has 10 nitrogen and oxygen atoms in total. The van der Waals surface area contributed by atoms with E-state index in [1.54, 1.807) is 0 Å². The van der Waals surface area contributed by atoms with Crippen molar-refractivity contribution < 1.29 is 18.7 Å². The van der Waals surface area contributed by atoms with Crippen LogP contribution in [0.25, 0.3) is 44.8 Å². The number of nitrogens with two attached hydrogens (primary N) is 1. The summed E-state index contributed by atoms with van der Waals surface area (Å²) in [5.41, 5.74) is 12.5. The Balaban J connectivity index is 1.19. The summed E-state index contributed by atoms with van der Waals surface area (Å²) in [7, 11) is 2.02. The van der Waals surface area contributed by atoms with Crippen molar-refractivity contribution in [2.45, 2.75) is 38.8 Å². The van der Waals surface area contributed by atoms with E-state index in [4.69, 9.17) is 20.4 Å². The molecule has 5 heterocycles. The first-order chi connectivity index (χ1) is 22.2. The Morgan fingerprint density at radius 2 is 1.96 bits per heavy atom. The Morgan fingerprint density at radius 3 is 2.72 bits per heavy atom. The minimum Gasteiger partial charge on any atom is -0.378 e. The van der Waals surface area contributed by atoms with Gasteiger partial charge < -0.3 is 29.8 Å². The van der Waals surface area contributed by atoms with Crippen LogP contribution in [0.5, 0.6) is 0 Å². The van der Waals surface area contributed by atoms with Crippen LogP contribution in [0.1, 0.15) is 44.7 Å². The van der Waals surface area contributed by atoms with Crippen molar-refractivity contribution >= 4 is 33.9 Å². The summed E-state index contributed by atoms with van der Waals surface area (Å²) in [5, 5.41) is 4.41. The van der Waals surface area contributed by atoms with Gasteiger partial charge in [-0.1, -0.05) is 0 Å². The average Bonchev–Trinajstić information content (AvgIpc) is 3.73. The summed E-state index contributed by atoms with van der Waals surface area (Å²) < 4.78 is 24.7. The number of primary amides is 1. The molecule has 1 unspecified atom stereocenters. The first-order valence-electron chi connectivity index (χ1n) is 16.0. The van der Waals surface area contributed by atoms with Gasteiger partial charge in [-0.15, -0.1) is 0 Å². The Kier molecular flexibility index (Phi) is 6.91. The van der Waals surface area contributed by atoms with Crippen molar-refractivity contribution in [1.29, 1.82) is 0 Å². The lowest BCUT2D eigenvalue weighted by atomic mass is 9.97. The quantitative estimate of drug-likeness (QED) is 0.281. The number of fused-ring (bicyclic) bond motifs is 3. The molecule has 2 aromatic carbocycles. The van der Waals surface area contributed by atoms with Crippen LogP contribution >= 0.6 is 0 Å². The molecule has 1 aliphatic carbocycles. The first-order valence-corrected chi connectivity index (χ1v) is 16.0. The van der Waals surface area contributed by atoms with E-state index in [0.29, 0.717) is 43.5 Å². The third-order valence-electron chi connectivity index (χ3n) is 9.68. The molecule has 1 atom stereocenters. The molecule has 2 aliphatic heterocycles. The van der Waals surface area contributed by atoms with E-state index >= 15 is 0 Å². The first kappa shape index (κ1) is 28.8. The van der Waals surface area contributed by atoms with Gasteiger partial charge in [-0.05, 0) is 85.7 Å². The Bertz CT molecular complexity index is 2050. The van der Waals surface area contributed by atoms with Crippen molar-refractivity contribution in [3.63, 3.8) is 0 Å². The van der Waals surface area contributed by atoms with Crippen LogP contribution in [0.15, 0.2) is 42.5 Å². The molecule has 5 aromatic rings. The van der Waals surface area contributed by atoms with E-state index in [1.807, 2.05) is 37.1 Å². The normalized spacial score (nSPS) is 18.5. The van der Waals surface area contributed by atoms with Gasteiger partial charge >= 0.3 is 0 Å². The molecule has 3 aliphatic rings. The van der Waals surface area contributed by atoms with E-state index in [1.165, 1.54) is 12.1 Å². The fourth-order valence-electron chi connectivity index (χ4n) is 6.97. The number of morpholine rings is 1. The number of amides is 2. The molecular weight excluding hydrogens is 585 g/mol. The summed E-state index contributed by atoms with van der Waals surface area (Å²) in [6.07, 6.45) is 3.11. The third-order valence-corrected chi connectivity index (χ3v) is 9.68. The summed E-state index contributed by atoms with van der Waals surface area (Å²) >= 11 is 0. The highest BCUT2D eigenvalue weighted by Gasteiger charge is 2.30. The van der Waals surface area contributed by atoms with E-state index < -0.39 is 11.7 Å². The number of nitrogens with zero attached hydrogens (tertiary/aromatic N) is 5. The van der Waals surface area contributed by atoms with Gasteiger partial charge in [0, 0.05) is 55.8 Å². The molecule has 1 saturated carbocycles. The summed E-state index contributed by atoms with van der Waals surface area (Å²) in [6.45, 7) is 6.05. The average molecular weight is 622 g/mol. The van der Waals surface area contributed by atoms with Crippen LogP contribution < -0.4 is 11.1 Å². The van der Waals surface area contributed by atoms with Gasteiger partial charge in [0.25, 0.3) is 11.8 Å². The van der Waals surface area contributed by atoms with Gasteiger partial charge in [0.15, 0.2) is 5.82 Å². The summed E-state index contributed by atoms with van der Waals surface area (Å²) in [6, 6.07) is 13.0. The van der Waals surface area contributed by atoms with Gasteiger partial charge in [0.1, 0.15) is 11.5 Å². The number of halogens is 1. The largest absolute Gasteiger partial charge is 0.378 e. The molecule has 8 rings (SSSR count). The molecular formula is C35H36FN7O3. The highest BCUT2D eigenvalue weighted by atomic mass is 19.1. The molecule has 3 aromatic heterocycles. The number of ether oxygens (including phenoxy) is 1. The van der Waals surface area contributed by atoms with E-state index in [2.05, 4.69) is 26.6 Å². The second-order valence-corrected chi connectivity index (χ2v) is 12.9. The smallest absolute Gasteiger partial charge is 0.254 e. The standard InChI is InChI=1S/C35H36FN7O3/c1-19-11-26(32(37)44)27(36)14-24(19)28-6-5-22-13-31(43(33(22)39-28)16-20-3-4-20)34-40-29-15-25-21(12-30(29)41(34)2)7-9-42(35(25)45)17-23-18-46-10-8-38-23/h5-6,11-15,20,23,38H,3-4,7-10,16-18H2,1-2H3,(H2,37,44). The maximum atomic E-state index is 14.8. The van der Waals surface area contributed by atoms with Crippen molar-refractivity contribution in [2.75, 3.05) is 32.8 Å². The molecule has 236 valence electrons. The minimum atomic E-state index is -0.796. The van der Waals surface area contributed by atoms with E-state index in [9.17, 15) is 14.0 Å². The monoisotopic (exact) mass is 621 g/mol. The number of hydrogen-bond acceptors (Lipinski definition) is 6. The van der Waals surface area contributed by atoms with Crippen LogP contribution in [-0.2, 0) is 24.8 Å². The number of hydrogen-bond donors (Lipinski definition) is 2. The molecule has 11 heteroatoms. The van der Waals surface area contributed by atoms with Crippen molar-refractivity contribution in [3.8, 4) is 22.8 Å². The zero-order chi connectivity index (χ0) is 31.7. The molecule has 1 saturated heterocycles. The van der Waals surface area contributed by atoms with E-state index in [0.717, 1.165) is 82.6 Å². The number of imidazole rings is 1. The molecule has 46 heavy (non-hydrogen) atoms. The van der Waals surface area contributed by atoms with E-state index in [-0.39, 0.29) is 17.5 Å². The van der Waals surface area contributed by atoms with Crippen molar-refractivity contribution in [1.82, 2.24) is 29.3 Å². The van der Waals surface area contributed by atoms with Crippen LogP contribution in [0, 0.1) is 18.7 Å². The molecule has 2 fully saturated rings. The molecule has 0 bridgehead atoms. The summed E-state index contributed by atoms with van der Waals surface area (Å²) in [5.74, 6) is -0.0529. The molecule has 0 spiro atoms. The predicted octanol–water partition coefficient (Wildman–Crippen LogP) is 4.20. The number of carbonyl (C=O) groups excluding carboxylic acids is 2. The maximum Gasteiger partial charge on any atom is 0.254 e. The Morgan fingerprint density at radius 1 is 1.11 bits per heavy atom. The fraction of sp³-hybridized carbons (Fsp3) is 0.371. The second kappa shape index (κ2) is 11.0. The SMILES string of the molecule is Cc1cc(C(N)=O)c(F)cc1-c1ccc2cc(-c3nc4cc5c(cc4n3C)CCN(CC3COCCN3)C5=O)n(CC3CC3)c2n1. The number of aromatic nitrogens is 4. The number of benzene rings is 2. The van der Waals surface area contributed by atoms with Crippen LogP contribution in [-0.4, -0.2) is 74.7 Å². The highest BCUT2D eigenvalue weighted by molar-refractivity contribution is 6.01. The number of aryl methyl sites for hydroxylation is 2. The number of rotatable bonds is 7. The minimum absolute atomic E-state index is 0.0397. The van der Waals surface area contributed by atoms with Crippen LogP contribution in [0.2, 0.25) is 0 Å². The molecule has 3 N–H and O–H groups in total. The molecule has 2 amide bonds. The van der Waals surface area contributed by atoms with Gasteiger partial charge in [-0.3, -0.25) is 9.59 Å². The van der Waals surface area contributed by atoms with Gasteiger partial charge in [0.2, 0.25) is 0 Å². The van der Waals surface area contributed by atoms with Crippen molar-refractivity contribution in [2.24, 2.45) is 18.7 Å². The lowest BCUT2D eigenvalue weighted by Gasteiger charge is -2.33. The fourth-order valence-corrected chi connectivity index (χ4v) is 6.97. The van der Waals surface area contributed by atoms with Gasteiger partial charge in [0.05, 0.1) is 41.2 Å². The van der Waals surface area contributed by atoms with Gasteiger partial charge in [-0.2, -0.15) is 0 Å². The lowest BCUT2D eigenvalue weighted by molar-refractivity contribution is 0.0511. The second-order valence-electron chi connectivity index (χ2n) is 12.9. The third kappa shape index (κ3) is 4.94. The lowest BCUT2D eigenvalue weighted by Crippen LogP contribution is -2.51. The number of carbonyl (C=O) groups is 2. The maximum absolute atomic E-state index is 14.8. The number of pyridine rings is 1. The van der Waals surface area contributed by atoms with Crippen LogP contribution in [0.3, 0.4) is 0 Å². The Labute approximate surface area is 265 Å². The van der Waals surface area contributed by atoms with Crippen LogP contribution in [0.4, 0.5) is 4.39 Å². The zero-order valence-electron chi connectivity index (χ0n) is 26.0. The van der Waals surface area contributed by atoms with Gasteiger partial charge in [-0.25, -0.2) is 14.4 Å². The van der Waals surface area contributed by atoms with Crippen molar-refractivity contribution in [3.05, 3.63) is 70.5 Å². The Hall–Kier alpha value is -4.61. The predicted molar refractivity (Wildman–Crippen MR) is 173 cm³/mol. The zero-order valence-corrected chi connectivity index (χ0v) is 26.0. The topological polar surface area (TPSA) is 120 Å².